The monoisotopic (exact) mass is 456 g/mol. The number of allylic oxidation sites excluding steroid dienone is 3. The van der Waals surface area contributed by atoms with Crippen molar-refractivity contribution in [2.75, 3.05) is 11.9 Å². The standard InChI is InChI=1S/C20H20N6O3S2/c1-2-5-25-13(23-24-20(25)30)7-12-9-31-19(21-12)22-14(27)8-26-17(28)15-10-3-4-11(6-10)16(15)18(26)29/h2-4,9-11,15-16H,1,5-8H2,(H,24,30)(H,21,22,27)/t10-,11-,15-,16+/m0/s1. The summed E-state index contributed by atoms with van der Waals surface area (Å²) in [6.07, 6.45) is 7.10. The van der Waals surface area contributed by atoms with Crippen LogP contribution in [0.1, 0.15) is 17.9 Å². The van der Waals surface area contributed by atoms with E-state index < -0.39 is 5.91 Å². The fourth-order valence-corrected chi connectivity index (χ4v) is 5.78. The minimum absolute atomic E-state index is 0.127. The number of aromatic amines is 1. The molecule has 0 radical (unpaired) electrons. The molecule has 9 nitrogen and oxygen atoms in total. The number of likely N-dealkylation sites (tertiary alicyclic amines) is 1. The average Bonchev–Trinajstić information content (AvgIpc) is 3.55. The highest BCUT2D eigenvalue weighted by molar-refractivity contribution is 7.71. The molecule has 11 heteroatoms. The number of carbonyl (C=O) groups excluding carboxylic acids is 3. The highest BCUT2D eigenvalue weighted by atomic mass is 32.1. The van der Waals surface area contributed by atoms with Crippen molar-refractivity contribution < 1.29 is 14.4 Å². The third-order valence-electron chi connectivity index (χ3n) is 6.15. The summed E-state index contributed by atoms with van der Waals surface area (Å²) in [7, 11) is 0. The molecule has 1 aliphatic heterocycles. The van der Waals surface area contributed by atoms with Crippen LogP contribution in [0.15, 0.2) is 30.2 Å². The Bertz CT molecular complexity index is 1150. The van der Waals surface area contributed by atoms with Crippen LogP contribution in [0, 0.1) is 28.4 Å². The molecule has 4 atom stereocenters. The van der Waals surface area contributed by atoms with Gasteiger partial charge >= 0.3 is 0 Å². The predicted octanol–water partition coefficient (Wildman–Crippen LogP) is 1.92. The van der Waals surface area contributed by atoms with Crippen molar-refractivity contribution >= 4 is 46.4 Å². The van der Waals surface area contributed by atoms with E-state index in [1.165, 1.54) is 11.3 Å². The molecule has 1 saturated carbocycles. The first-order valence-corrected chi connectivity index (χ1v) is 11.3. The Morgan fingerprint density at radius 3 is 2.71 bits per heavy atom. The zero-order chi connectivity index (χ0) is 21.7. The Morgan fingerprint density at radius 2 is 2.03 bits per heavy atom. The Kier molecular flexibility index (Phi) is 4.94. The third-order valence-corrected chi connectivity index (χ3v) is 7.27. The van der Waals surface area contributed by atoms with Gasteiger partial charge in [0, 0.05) is 11.9 Å². The SMILES string of the molecule is C=CCn1c(Cc2csc(NC(=O)CN3C(=O)[C@@H]4[C@H](C3=O)[C@H]3C=C[C@H]4C3)n2)n[nH]c1=S. The van der Waals surface area contributed by atoms with E-state index in [2.05, 4.69) is 27.1 Å². The number of imide groups is 1. The number of hydrogen-bond acceptors (Lipinski definition) is 7. The number of rotatable bonds is 7. The summed E-state index contributed by atoms with van der Waals surface area (Å²) in [5.41, 5.74) is 0.727. The van der Waals surface area contributed by atoms with Crippen LogP contribution < -0.4 is 5.32 Å². The molecule has 160 valence electrons. The highest BCUT2D eigenvalue weighted by Gasteiger charge is 2.59. The van der Waals surface area contributed by atoms with Crippen molar-refractivity contribution in [1.29, 1.82) is 0 Å². The van der Waals surface area contributed by atoms with Crippen molar-refractivity contribution in [3.8, 4) is 0 Å². The molecule has 3 aliphatic rings. The van der Waals surface area contributed by atoms with Gasteiger partial charge in [0.25, 0.3) is 0 Å². The number of hydrogen-bond donors (Lipinski definition) is 2. The third kappa shape index (κ3) is 3.37. The molecule has 1 saturated heterocycles. The summed E-state index contributed by atoms with van der Waals surface area (Å²) < 4.78 is 2.33. The van der Waals surface area contributed by atoms with Crippen LogP contribution >= 0.6 is 23.6 Å². The topological polar surface area (TPSA) is 113 Å². The number of nitrogens with zero attached hydrogens (tertiary/aromatic N) is 4. The van der Waals surface area contributed by atoms with Gasteiger partial charge in [0.2, 0.25) is 17.7 Å². The second kappa shape index (κ2) is 7.65. The highest BCUT2D eigenvalue weighted by Crippen LogP contribution is 2.52. The lowest BCUT2D eigenvalue weighted by Crippen LogP contribution is -2.39. The number of fused-ring (bicyclic) bond motifs is 5. The summed E-state index contributed by atoms with van der Waals surface area (Å²) in [5.74, 6) is -0.517. The van der Waals surface area contributed by atoms with Gasteiger partial charge in [-0.1, -0.05) is 18.2 Å². The second-order valence-corrected chi connectivity index (χ2v) is 9.22. The van der Waals surface area contributed by atoms with E-state index >= 15 is 0 Å². The maximum atomic E-state index is 12.7. The molecule has 0 spiro atoms. The predicted molar refractivity (Wildman–Crippen MR) is 116 cm³/mol. The number of nitrogens with one attached hydrogen (secondary N) is 2. The Balaban J connectivity index is 1.22. The molecule has 2 aromatic heterocycles. The zero-order valence-corrected chi connectivity index (χ0v) is 18.1. The molecule has 3 heterocycles. The summed E-state index contributed by atoms with van der Waals surface area (Å²) in [5, 5.41) is 11.9. The summed E-state index contributed by atoms with van der Waals surface area (Å²) in [6.45, 7) is 3.98. The van der Waals surface area contributed by atoms with E-state index in [1.807, 2.05) is 22.1 Å². The van der Waals surface area contributed by atoms with Crippen LogP contribution in [-0.2, 0) is 27.3 Å². The van der Waals surface area contributed by atoms with Gasteiger partial charge in [0.15, 0.2) is 9.90 Å². The van der Waals surface area contributed by atoms with E-state index in [9.17, 15) is 14.4 Å². The number of thiazole rings is 1. The lowest BCUT2D eigenvalue weighted by atomic mass is 9.85. The molecule has 2 aliphatic carbocycles. The number of H-pyrrole nitrogens is 1. The molecule has 2 fully saturated rings. The first-order valence-electron chi connectivity index (χ1n) is 9.99. The summed E-state index contributed by atoms with van der Waals surface area (Å²) >= 11 is 6.49. The van der Waals surface area contributed by atoms with Crippen LogP contribution in [0.5, 0.6) is 0 Å². The van der Waals surface area contributed by atoms with E-state index in [0.717, 1.165) is 22.8 Å². The molecule has 2 bridgehead atoms. The van der Waals surface area contributed by atoms with E-state index in [1.54, 1.807) is 6.08 Å². The van der Waals surface area contributed by atoms with Crippen molar-refractivity contribution in [2.45, 2.75) is 19.4 Å². The lowest BCUT2D eigenvalue weighted by Gasteiger charge is -2.16. The summed E-state index contributed by atoms with van der Waals surface area (Å²) in [6, 6.07) is 0. The minimum atomic E-state index is -0.433. The molecular weight excluding hydrogens is 436 g/mol. The molecule has 2 aromatic rings. The maximum Gasteiger partial charge on any atom is 0.246 e. The van der Waals surface area contributed by atoms with Gasteiger partial charge in [-0.3, -0.25) is 28.9 Å². The smallest absolute Gasteiger partial charge is 0.246 e. The molecule has 0 unspecified atom stereocenters. The fraction of sp³-hybridized carbons (Fsp3) is 0.400. The zero-order valence-electron chi connectivity index (χ0n) is 16.5. The lowest BCUT2D eigenvalue weighted by molar-refractivity contribution is -0.143. The van der Waals surface area contributed by atoms with Gasteiger partial charge in [-0.15, -0.1) is 17.9 Å². The van der Waals surface area contributed by atoms with Crippen molar-refractivity contribution in [1.82, 2.24) is 24.6 Å². The van der Waals surface area contributed by atoms with Gasteiger partial charge < -0.3 is 5.32 Å². The van der Waals surface area contributed by atoms with Crippen molar-refractivity contribution in [2.24, 2.45) is 23.7 Å². The second-order valence-electron chi connectivity index (χ2n) is 7.98. The largest absolute Gasteiger partial charge is 0.300 e. The van der Waals surface area contributed by atoms with Gasteiger partial charge in [-0.05, 0) is 30.5 Å². The number of carbonyl (C=O) groups is 3. The molecule has 0 aromatic carbocycles. The van der Waals surface area contributed by atoms with E-state index in [0.29, 0.717) is 22.9 Å². The van der Waals surface area contributed by atoms with Crippen LogP contribution in [0.3, 0.4) is 0 Å². The van der Waals surface area contributed by atoms with Gasteiger partial charge in [0.05, 0.1) is 24.0 Å². The first-order chi connectivity index (χ1) is 15.0. The van der Waals surface area contributed by atoms with E-state index in [4.69, 9.17) is 12.2 Å². The Labute approximate surface area is 186 Å². The number of anilines is 1. The quantitative estimate of drug-likeness (QED) is 0.374. The van der Waals surface area contributed by atoms with Gasteiger partial charge in [-0.25, -0.2) is 4.98 Å². The van der Waals surface area contributed by atoms with Crippen LogP contribution in [-0.4, -0.2) is 48.9 Å². The molecule has 2 N–H and O–H groups in total. The molecule has 3 amide bonds. The van der Waals surface area contributed by atoms with Gasteiger partial charge in [0.1, 0.15) is 12.4 Å². The average molecular weight is 457 g/mol. The minimum Gasteiger partial charge on any atom is -0.300 e. The number of amides is 3. The fourth-order valence-electron chi connectivity index (χ4n) is 4.83. The Hall–Kier alpha value is -2.92. The van der Waals surface area contributed by atoms with Crippen LogP contribution in [0.25, 0.3) is 0 Å². The van der Waals surface area contributed by atoms with Crippen LogP contribution in [0.2, 0.25) is 0 Å². The molecular formula is C20H20N6O3S2. The molecule has 31 heavy (non-hydrogen) atoms. The summed E-state index contributed by atoms with van der Waals surface area (Å²) in [4.78, 5) is 43.5. The van der Waals surface area contributed by atoms with Gasteiger partial charge in [-0.2, -0.15) is 5.10 Å². The van der Waals surface area contributed by atoms with Crippen molar-refractivity contribution in [3.05, 3.63) is 46.5 Å². The molecule has 5 rings (SSSR count). The Morgan fingerprint density at radius 1 is 1.32 bits per heavy atom. The van der Waals surface area contributed by atoms with Crippen LogP contribution in [0.4, 0.5) is 5.13 Å². The maximum absolute atomic E-state index is 12.7. The normalized spacial score (nSPS) is 26.0. The van der Waals surface area contributed by atoms with E-state index in [-0.39, 0.29) is 42.0 Å². The first kappa shape index (κ1) is 20.0. The number of aromatic nitrogens is 4. The van der Waals surface area contributed by atoms with Crippen molar-refractivity contribution in [3.63, 3.8) is 0 Å².